The predicted molar refractivity (Wildman–Crippen MR) is 129 cm³/mol. The van der Waals surface area contributed by atoms with Gasteiger partial charge in [-0.25, -0.2) is 4.79 Å². The highest BCUT2D eigenvalue weighted by molar-refractivity contribution is 5.84. The monoisotopic (exact) mass is 422 g/mol. The number of nitrogens with one attached hydrogen (secondary N) is 1. The molecule has 0 unspecified atom stereocenters. The van der Waals surface area contributed by atoms with Crippen LogP contribution >= 0.6 is 0 Å². The number of nitrogens with zero attached hydrogens (tertiary/aromatic N) is 3. The third-order valence-corrected chi connectivity index (χ3v) is 6.71. The molecule has 5 heteroatoms. The van der Waals surface area contributed by atoms with Crippen molar-refractivity contribution in [1.82, 2.24) is 19.0 Å². The minimum Gasteiger partial charge on any atom is -0.357 e. The first-order valence-electron chi connectivity index (χ1n) is 11.3. The summed E-state index contributed by atoms with van der Waals surface area (Å²) in [6.07, 6.45) is 1.05. The summed E-state index contributed by atoms with van der Waals surface area (Å²) in [5.74, 6) is 0. The van der Waals surface area contributed by atoms with E-state index in [0.717, 1.165) is 42.7 Å². The Labute approximate surface area is 186 Å². The number of rotatable bonds is 5. The fourth-order valence-electron chi connectivity index (χ4n) is 5.09. The van der Waals surface area contributed by atoms with Crippen LogP contribution < -0.4 is 5.69 Å². The van der Waals surface area contributed by atoms with Gasteiger partial charge in [0.15, 0.2) is 0 Å². The van der Waals surface area contributed by atoms with E-state index >= 15 is 0 Å². The topological polar surface area (TPSA) is 46.0 Å². The molecule has 1 N–H and O–H groups in total. The van der Waals surface area contributed by atoms with E-state index in [9.17, 15) is 4.79 Å². The first-order chi connectivity index (χ1) is 15.8. The lowest BCUT2D eigenvalue weighted by Crippen LogP contribution is -2.35. The Hall–Kier alpha value is -3.57. The van der Waals surface area contributed by atoms with Gasteiger partial charge >= 0.3 is 5.69 Å². The molecule has 0 spiro atoms. The molecule has 32 heavy (non-hydrogen) atoms. The van der Waals surface area contributed by atoms with Gasteiger partial charge < -0.3 is 4.98 Å². The molecule has 5 nitrogen and oxygen atoms in total. The molecule has 0 saturated carbocycles. The zero-order valence-electron chi connectivity index (χ0n) is 18.0. The maximum Gasteiger partial charge on any atom is 0.329 e. The Morgan fingerprint density at radius 3 is 2.34 bits per heavy atom. The normalized spacial score (nSPS) is 14.2. The van der Waals surface area contributed by atoms with Crippen molar-refractivity contribution >= 4 is 21.9 Å². The highest BCUT2D eigenvalue weighted by atomic mass is 16.1. The van der Waals surface area contributed by atoms with Crippen molar-refractivity contribution in [3.63, 3.8) is 0 Å². The third-order valence-electron chi connectivity index (χ3n) is 6.71. The third kappa shape index (κ3) is 3.26. The summed E-state index contributed by atoms with van der Waals surface area (Å²) in [6, 6.07) is 26.9. The largest absolute Gasteiger partial charge is 0.357 e. The molecule has 0 atom stereocenters. The summed E-state index contributed by atoms with van der Waals surface area (Å²) in [6.45, 7) is 4.06. The van der Waals surface area contributed by atoms with Crippen molar-refractivity contribution in [3.05, 3.63) is 106 Å². The highest BCUT2D eigenvalue weighted by Gasteiger charge is 2.21. The molecule has 6 rings (SSSR count). The molecule has 0 bridgehead atoms. The molecule has 5 aromatic rings. The Morgan fingerprint density at radius 2 is 1.50 bits per heavy atom. The number of hydrogen-bond acceptors (Lipinski definition) is 2. The van der Waals surface area contributed by atoms with Crippen LogP contribution in [-0.2, 0) is 26.1 Å². The SMILES string of the molecule is O=c1n(CCN2CCc3c([nH]c4ccccc34)C2)c2ccccc2n1Cc1ccccc1. The lowest BCUT2D eigenvalue weighted by molar-refractivity contribution is 0.242. The van der Waals surface area contributed by atoms with Gasteiger partial charge in [0.2, 0.25) is 0 Å². The fraction of sp³-hybridized carbons (Fsp3) is 0.222. The van der Waals surface area contributed by atoms with E-state index in [0.29, 0.717) is 13.1 Å². The smallest absolute Gasteiger partial charge is 0.329 e. The minimum absolute atomic E-state index is 0.0679. The quantitative estimate of drug-likeness (QED) is 0.457. The second kappa shape index (κ2) is 7.84. The molecular formula is C27H26N4O. The molecular weight excluding hydrogens is 396 g/mol. The average Bonchev–Trinajstić information content (AvgIpc) is 3.33. The van der Waals surface area contributed by atoms with E-state index in [-0.39, 0.29) is 5.69 Å². The van der Waals surface area contributed by atoms with Crippen LogP contribution in [0.2, 0.25) is 0 Å². The first-order valence-corrected chi connectivity index (χ1v) is 11.3. The summed E-state index contributed by atoms with van der Waals surface area (Å²) >= 11 is 0. The molecule has 1 aliphatic heterocycles. The number of imidazole rings is 1. The van der Waals surface area contributed by atoms with Crippen molar-refractivity contribution in [3.8, 4) is 0 Å². The molecule has 0 amide bonds. The van der Waals surface area contributed by atoms with Crippen molar-refractivity contribution in [2.75, 3.05) is 13.1 Å². The average molecular weight is 423 g/mol. The second-order valence-corrected chi connectivity index (χ2v) is 8.65. The number of para-hydroxylation sites is 3. The van der Waals surface area contributed by atoms with Gasteiger partial charge in [0.05, 0.1) is 17.6 Å². The van der Waals surface area contributed by atoms with Gasteiger partial charge in [-0.15, -0.1) is 0 Å². The zero-order chi connectivity index (χ0) is 21.5. The van der Waals surface area contributed by atoms with E-state index in [1.54, 1.807) is 0 Å². The maximum absolute atomic E-state index is 13.4. The molecule has 160 valence electrons. The van der Waals surface area contributed by atoms with Crippen LogP contribution in [0.25, 0.3) is 21.9 Å². The van der Waals surface area contributed by atoms with Crippen molar-refractivity contribution < 1.29 is 0 Å². The van der Waals surface area contributed by atoms with E-state index < -0.39 is 0 Å². The number of benzene rings is 3. The Morgan fingerprint density at radius 1 is 0.781 bits per heavy atom. The molecule has 0 fully saturated rings. The Kier molecular flexibility index (Phi) is 4.69. The van der Waals surface area contributed by atoms with Gasteiger partial charge in [-0.3, -0.25) is 14.0 Å². The van der Waals surface area contributed by atoms with Crippen LogP contribution in [0.15, 0.2) is 83.7 Å². The van der Waals surface area contributed by atoms with Gasteiger partial charge in [0.25, 0.3) is 0 Å². The van der Waals surface area contributed by atoms with E-state index in [1.807, 2.05) is 45.5 Å². The van der Waals surface area contributed by atoms with Gasteiger partial charge in [-0.05, 0) is 35.7 Å². The molecule has 0 saturated heterocycles. The Bertz CT molecular complexity index is 1460. The Balaban J connectivity index is 1.26. The van der Waals surface area contributed by atoms with Crippen molar-refractivity contribution in [2.24, 2.45) is 0 Å². The second-order valence-electron chi connectivity index (χ2n) is 8.65. The summed E-state index contributed by atoms with van der Waals surface area (Å²) in [7, 11) is 0. The van der Waals surface area contributed by atoms with Gasteiger partial charge in [0, 0.05) is 42.8 Å². The number of aromatic amines is 1. The van der Waals surface area contributed by atoms with Crippen LogP contribution in [0.1, 0.15) is 16.8 Å². The van der Waals surface area contributed by atoms with Crippen LogP contribution in [0.4, 0.5) is 0 Å². The number of hydrogen-bond donors (Lipinski definition) is 1. The number of fused-ring (bicyclic) bond motifs is 4. The summed E-state index contributed by atoms with van der Waals surface area (Å²) < 4.78 is 3.84. The number of aromatic nitrogens is 3. The fourth-order valence-corrected chi connectivity index (χ4v) is 5.09. The van der Waals surface area contributed by atoms with Gasteiger partial charge in [-0.2, -0.15) is 0 Å². The zero-order valence-corrected chi connectivity index (χ0v) is 18.0. The molecule has 3 aromatic carbocycles. The predicted octanol–water partition coefficient (Wildman–Crippen LogP) is 4.39. The minimum atomic E-state index is 0.0679. The molecule has 0 aliphatic carbocycles. The molecule has 2 aromatic heterocycles. The first kappa shape index (κ1) is 19.1. The summed E-state index contributed by atoms with van der Waals surface area (Å²) in [5, 5.41) is 1.35. The van der Waals surface area contributed by atoms with Gasteiger partial charge in [0.1, 0.15) is 0 Å². The van der Waals surface area contributed by atoms with Crippen LogP contribution in [0.5, 0.6) is 0 Å². The molecule has 0 radical (unpaired) electrons. The van der Waals surface area contributed by atoms with E-state index in [2.05, 4.69) is 52.3 Å². The van der Waals surface area contributed by atoms with Crippen molar-refractivity contribution in [2.45, 2.75) is 26.1 Å². The lowest BCUT2D eigenvalue weighted by atomic mass is 10.0. The van der Waals surface area contributed by atoms with Crippen LogP contribution in [0.3, 0.4) is 0 Å². The highest BCUT2D eigenvalue weighted by Crippen LogP contribution is 2.27. The van der Waals surface area contributed by atoms with Gasteiger partial charge in [-0.1, -0.05) is 60.7 Å². The van der Waals surface area contributed by atoms with Crippen molar-refractivity contribution in [1.29, 1.82) is 0 Å². The maximum atomic E-state index is 13.4. The lowest BCUT2D eigenvalue weighted by Gasteiger charge is -2.27. The van der Waals surface area contributed by atoms with E-state index in [4.69, 9.17) is 0 Å². The molecule has 1 aliphatic rings. The standard InChI is InChI=1S/C27H26N4O/c32-27-30(25-12-6-7-13-26(25)31(27)18-20-8-2-1-3-9-20)17-16-29-15-14-22-21-10-4-5-11-23(21)28-24(22)19-29/h1-13,28H,14-19H2. The summed E-state index contributed by atoms with van der Waals surface area (Å²) in [5.41, 5.74) is 7.21. The molecule has 3 heterocycles. The van der Waals surface area contributed by atoms with E-state index in [1.165, 1.54) is 22.2 Å². The van der Waals surface area contributed by atoms with Crippen LogP contribution in [-0.4, -0.2) is 32.1 Å². The van der Waals surface area contributed by atoms with Crippen LogP contribution in [0, 0.1) is 0 Å². The number of H-pyrrole nitrogens is 1. The summed E-state index contributed by atoms with van der Waals surface area (Å²) in [4.78, 5) is 19.4.